The van der Waals surface area contributed by atoms with Gasteiger partial charge in [-0.1, -0.05) is 48.5 Å². The molecule has 2 aliphatic carbocycles. The number of fused-ring (bicyclic) bond motifs is 1. The Morgan fingerprint density at radius 1 is 0.920 bits per heavy atom. The Hall–Kier alpha value is -2.70. The van der Waals surface area contributed by atoms with Crippen LogP contribution in [0.3, 0.4) is 0 Å². The first kappa shape index (κ1) is 17.1. The molecular weight excluding hydrogens is 338 g/mol. The van der Waals surface area contributed by atoms with Crippen LogP contribution in [0.15, 0.2) is 71.6 Å². The number of carboxylic acids is 1. The van der Waals surface area contributed by atoms with Crippen LogP contribution < -0.4 is 4.72 Å². The number of benzene rings is 1. The SMILES string of the molecule is O=C(O)c1cc(CCNS(=O)(=O)c2ccccc2)c2cccccc1-2. The van der Waals surface area contributed by atoms with Crippen LogP contribution >= 0.6 is 0 Å². The Morgan fingerprint density at radius 2 is 1.52 bits per heavy atom. The molecule has 0 saturated carbocycles. The van der Waals surface area contributed by atoms with Gasteiger partial charge in [0.25, 0.3) is 0 Å². The van der Waals surface area contributed by atoms with Gasteiger partial charge in [-0.05, 0) is 41.3 Å². The molecule has 0 aliphatic heterocycles. The summed E-state index contributed by atoms with van der Waals surface area (Å²) in [5.41, 5.74) is 2.51. The number of rotatable bonds is 6. The smallest absolute Gasteiger partial charge is 0.336 e. The van der Waals surface area contributed by atoms with E-state index < -0.39 is 16.0 Å². The molecule has 0 spiro atoms. The highest BCUT2D eigenvalue weighted by Crippen LogP contribution is 2.32. The molecule has 1 aromatic rings. The van der Waals surface area contributed by atoms with E-state index in [1.165, 1.54) is 12.1 Å². The van der Waals surface area contributed by atoms with Gasteiger partial charge in [-0.25, -0.2) is 17.9 Å². The van der Waals surface area contributed by atoms with Crippen LogP contribution in [0.1, 0.15) is 15.9 Å². The highest BCUT2D eigenvalue weighted by atomic mass is 32.2. The van der Waals surface area contributed by atoms with Crippen molar-refractivity contribution in [2.45, 2.75) is 11.3 Å². The van der Waals surface area contributed by atoms with Gasteiger partial charge in [-0.2, -0.15) is 0 Å². The fourth-order valence-electron chi connectivity index (χ4n) is 2.78. The lowest BCUT2D eigenvalue weighted by Gasteiger charge is -2.07. The van der Waals surface area contributed by atoms with E-state index in [0.29, 0.717) is 12.0 Å². The van der Waals surface area contributed by atoms with Crippen LogP contribution in [-0.2, 0) is 16.4 Å². The van der Waals surface area contributed by atoms with E-state index in [2.05, 4.69) is 4.72 Å². The number of nitrogens with one attached hydrogen (secondary N) is 1. The minimum Gasteiger partial charge on any atom is -0.478 e. The summed E-state index contributed by atoms with van der Waals surface area (Å²) in [6, 6.07) is 18.8. The monoisotopic (exact) mass is 355 g/mol. The molecule has 0 atom stereocenters. The Morgan fingerprint density at radius 3 is 2.16 bits per heavy atom. The standard InChI is InChI=1S/C19H17NO4S/c21-19(22)18-13-14(16-9-5-2-6-10-17(16)18)11-12-20-25(23,24)15-7-3-1-4-8-15/h1-10,13,20H,11-12H2,(H,21,22). The summed E-state index contributed by atoms with van der Waals surface area (Å²) < 4.78 is 27.0. The zero-order valence-electron chi connectivity index (χ0n) is 13.3. The van der Waals surface area contributed by atoms with Crippen molar-refractivity contribution in [2.24, 2.45) is 0 Å². The van der Waals surface area contributed by atoms with Crippen molar-refractivity contribution in [3.63, 3.8) is 0 Å². The third-order valence-electron chi connectivity index (χ3n) is 3.96. The van der Waals surface area contributed by atoms with Crippen molar-refractivity contribution >= 4 is 16.0 Å². The van der Waals surface area contributed by atoms with Gasteiger partial charge in [0.05, 0.1) is 10.5 Å². The van der Waals surface area contributed by atoms with Gasteiger partial charge in [-0.3, -0.25) is 0 Å². The fourth-order valence-corrected chi connectivity index (χ4v) is 3.83. The van der Waals surface area contributed by atoms with Crippen LogP contribution in [0.25, 0.3) is 11.1 Å². The molecule has 0 amide bonds. The first-order valence-electron chi connectivity index (χ1n) is 7.78. The molecule has 2 N–H and O–H groups in total. The highest BCUT2D eigenvalue weighted by molar-refractivity contribution is 7.89. The van der Waals surface area contributed by atoms with Crippen molar-refractivity contribution in [3.8, 4) is 11.1 Å². The predicted octanol–water partition coefficient (Wildman–Crippen LogP) is 3.01. The molecule has 25 heavy (non-hydrogen) atoms. The van der Waals surface area contributed by atoms with E-state index in [0.717, 1.165) is 11.1 Å². The molecule has 2 aliphatic rings. The third kappa shape index (κ3) is 3.70. The topological polar surface area (TPSA) is 83.5 Å². The Kier molecular flexibility index (Phi) is 4.83. The second-order valence-corrected chi connectivity index (χ2v) is 7.35. The van der Waals surface area contributed by atoms with Gasteiger partial charge >= 0.3 is 5.97 Å². The second-order valence-electron chi connectivity index (χ2n) is 5.59. The molecule has 3 rings (SSSR count). The van der Waals surface area contributed by atoms with Gasteiger partial charge in [0, 0.05) is 6.54 Å². The molecule has 0 unspecified atom stereocenters. The number of sulfonamides is 1. The van der Waals surface area contributed by atoms with E-state index in [4.69, 9.17) is 0 Å². The molecule has 0 aromatic heterocycles. The van der Waals surface area contributed by atoms with Crippen LogP contribution in [0.2, 0.25) is 0 Å². The van der Waals surface area contributed by atoms with Crippen molar-refractivity contribution in [1.82, 2.24) is 4.72 Å². The maximum Gasteiger partial charge on any atom is 0.336 e. The van der Waals surface area contributed by atoms with Crippen molar-refractivity contribution in [2.75, 3.05) is 6.54 Å². The quantitative estimate of drug-likeness (QED) is 0.712. The van der Waals surface area contributed by atoms with Crippen LogP contribution in [0.4, 0.5) is 0 Å². The maximum absolute atomic E-state index is 12.2. The second kappa shape index (κ2) is 7.04. The summed E-state index contributed by atoms with van der Waals surface area (Å²) in [6.45, 7) is 0.189. The van der Waals surface area contributed by atoms with Gasteiger partial charge in [0.15, 0.2) is 0 Å². The average Bonchev–Trinajstić information content (AvgIpc) is 2.78. The Bertz CT molecular complexity index is 968. The van der Waals surface area contributed by atoms with Crippen molar-refractivity contribution in [3.05, 3.63) is 77.9 Å². The minimum atomic E-state index is -3.57. The maximum atomic E-state index is 12.2. The normalized spacial score (nSPS) is 11.5. The zero-order valence-corrected chi connectivity index (χ0v) is 14.2. The largest absolute Gasteiger partial charge is 0.478 e. The van der Waals surface area contributed by atoms with Crippen LogP contribution in [0.5, 0.6) is 0 Å². The molecular formula is C19H17NO4S. The average molecular weight is 355 g/mol. The number of aromatic carboxylic acids is 1. The van der Waals surface area contributed by atoms with E-state index in [1.54, 1.807) is 36.4 Å². The number of carbonyl (C=O) groups is 1. The predicted molar refractivity (Wildman–Crippen MR) is 95.4 cm³/mol. The Balaban J connectivity index is 1.80. The molecule has 0 fully saturated rings. The molecule has 0 radical (unpaired) electrons. The van der Waals surface area contributed by atoms with Crippen molar-refractivity contribution in [1.29, 1.82) is 0 Å². The summed E-state index contributed by atoms with van der Waals surface area (Å²) in [6.07, 6.45) is 0.403. The molecule has 5 nitrogen and oxygen atoms in total. The molecule has 128 valence electrons. The van der Waals surface area contributed by atoms with Crippen LogP contribution in [0, 0.1) is 0 Å². The van der Waals surface area contributed by atoms with Gasteiger partial charge in [0.1, 0.15) is 0 Å². The van der Waals surface area contributed by atoms with E-state index in [-0.39, 0.29) is 17.0 Å². The van der Waals surface area contributed by atoms with Gasteiger partial charge in [0.2, 0.25) is 10.0 Å². The summed E-state index contributed by atoms with van der Waals surface area (Å²) >= 11 is 0. The first-order chi connectivity index (χ1) is 12.0. The van der Waals surface area contributed by atoms with E-state index in [1.807, 2.05) is 18.2 Å². The number of hydrogen-bond donors (Lipinski definition) is 2. The molecule has 0 saturated heterocycles. The lowest BCUT2D eigenvalue weighted by Crippen LogP contribution is -2.25. The molecule has 0 heterocycles. The zero-order chi connectivity index (χ0) is 17.9. The van der Waals surface area contributed by atoms with Crippen molar-refractivity contribution < 1.29 is 18.3 Å². The van der Waals surface area contributed by atoms with Gasteiger partial charge < -0.3 is 5.11 Å². The first-order valence-corrected chi connectivity index (χ1v) is 9.26. The summed E-state index contributed by atoms with van der Waals surface area (Å²) in [7, 11) is -3.57. The number of carboxylic acid groups (broad SMARTS) is 1. The molecule has 1 aromatic carbocycles. The third-order valence-corrected chi connectivity index (χ3v) is 5.44. The fraction of sp³-hybridized carbons (Fsp3) is 0.105. The van der Waals surface area contributed by atoms with E-state index in [9.17, 15) is 18.3 Å². The summed E-state index contributed by atoms with van der Waals surface area (Å²) in [5, 5.41) is 9.37. The van der Waals surface area contributed by atoms with Gasteiger partial charge in [-0.15, -0.1) is 0 Å². The summed E-state index contributed by atoms with van der Waals surface area (Å²) in [5.74, 6) is -0.993. The van der Waals surface area contributed by atoms with Crippen LogP contribution in [-0.4, -0.2) is 26.0 Å². The highest BCUT2D eigenvalue weighted by Gasteiger charge is 2.19. The molecule has 6 heteroatoms. The summed E-state index contributed by atoms with van der Waals surface area (Å²) in [4.78, 5) is 11.6. The lowest BCUT2D eigenvalue weighted by atomic mass is 10.1. The van der Waals surface area contributed by atoms with E-state index >= 15 is 0 Å². The molecule has 0 bridgehead atoms. The number of hydrogen-bond acceptors (Lipinski definition) is 3. The Labute approximate surface area is 146 Å². The minimum absolute atomic E-state index is 0.189. The lowest BCUT2D eigenvalue weighted by molar-refractivity contribution is 0.0698.